The number of hydrogen-bond acceptors (Lipinski definition) is 2. The number of hydrogen-bond donors (Lipinski definition) is 2. The summed E-state index contributed by atoms with van der Waals surface area (Å²) in [6, 6.07) is 12.4. The predicted molar refractivity (Wildman–Crippen MR) is 94.6 cm³/mol. The van der Waals surface area contributed by atoms with Crippen LogP contribution in [-0.2, 0) is 0 Å². The summed E-state index contributed by atoms with van der Waals surface area (Å²) in [5.74, 6) is 0. The Morgan fingerprint density at radius 3 is 1.36 bits per heavy atom. The molecule has 2 nitrogen and oxygen atoms in total. The molecule has 2 N–H and O–H groups in total. The monoisotopic (exact) mass is 296 g/mol. The molecule has 0 heterocycles. The van der Waals surface area contributed by atoms with Crippen molar-refractivity contribution in [3.05, 3.63) is 59.7 Å². The molecule has 0 aromatic heterocycles. The molecule has 0 amide bonds. The van der Waals surface area contributed by atoms with Crippen LogP contribution in [0.4, 0.5) is 0 Å². The van der Waals surface area contributed by atoms with E-state index in [4.69, 9.17) is 0 Å². The second-order valence-electron chi connectivity index (χ2n) is 6.84. The van der Waals surface area contributed by atoms with Gasteiger partial charge in [0.05, 0.1) is 11.2 Å². The number of benzene rings is 2. The number of rotatable bonds is 4. The first-order valence-corrected chi connectivity index (χ1v) is 7.49. The second kappa shape index (κ2) is 6.07. The summed E-state index contributed by atoms with van der Waals surface area (Å²) < 4.78 is 0. The van der Waals surface area contributed by atoms with E-state index in [1.54, 1.807) is 39.8 Å². The van der Waals surface area contributed by atoms with Gasteiger partial charge in [0.15, 0.2) is 0 Å². The van der Waals surface area contributed by atoms with Crippen LogP contribution in [0.5, 0.6) is 0 Å². The van der Waals surface area contributed by atoms with E-state index in [-0.39, 0.29) is 0 Å². The topological polar surface area (TPSA) is 40.5 Å². The first-order valence-electron chi connectivity index (χ1n) is 7.49. The minimum Gasteiger partial charge on any atom is -0.386 e. The van der Waals surface area contributed by atoms with Gasteiger partial charge in [0.25, 0.3) is 0 Å². The maximum Gasteiger partial charge on any atom is 0.0774 e. The van der Waals surface area contributed by atoms with E-state index in [1.807, 2.05) is 24.3 Å². The molecular formula is C20H24O2. The van der Waals surface area contributed by atoms with E-state index < -0.39 is 11.2 Å². The molecule has 0 spiro atoms. The molecule has 0 radical (unpaired) electrons. The highest BCUT2D eigenvalue weighted by Gasteiger charge is 2.07. The molecule has 0 saturated carbocycles. The molecule has 116 valence electrons. The summed E-state index contributed by atoms with van der Waals surface area (Å²) in [6.45, 7) is 7.02. The molecule has 0 aliphatic heterocycles. The molecule has 2 heteroatoms. The van der Waals surface area contributed by atoms with E-state index in [9.17, 15) is 10.2 Å². The predicted octanol–water partition coefficient (Wildman–Crippen LogP) is 4.41. The smallest absolute Gasteiger partial charge is 0.0774 e. The van der Waals surface area contributed by atoms with Crippen molar-refractivity contribution in [3.63, 3.8) is 0 Å². The normalized spacial score (nSPS) is 13.5. The minimum absolute atomic E-state index is 0.805. The lowest BCUT2D eigenvalue weighted by molar-refractivity contribution is 0.133. The molecule has 0 saturated heterocycles. The van der Waals surface area contributed by atoms with Gasteiger partial charge >= 0.3 is 0 Å². The van der Waals surface area contributed by atoms with Gasteiger partial charge in [-0.05, 0) is 61.7 Å². The number of fused-ring (bicyclic) bond motifs is 1. The van der Waals surface area contributed by atoms with Crippen LogP contribution in [0.15, 0.2) is 48.6 Å². The van der Waals surface area contributed by atoms with E-state index in [1.165, 1.54) is 0 Å². The number of aliphatic hydroxyl groups is 2. The Balaban J connectivity index is 2.29. The Kier molecular flexibility index (Phi) is 4.55. The van der Waals surface area contributed by atoms with Gasteiger partial charge in [0.2, 0.25) is 0 Å². The maximum absolute atomic E-state index is 9.74. The van der Waals surface area contributed by atoms with E-state index in [2.05, 4.69) is 24.3 Å². The molecule has 0 aliphatic carbocycles. The van der Waals surface area contributed by atoms with Crippen LogP contribution in [-0.4, -0.2) is 21.4 Å². The molecule has 22 heavy (non-hydrogen) atoms. The molecule has 0 aliphatic rings. The standard InChI is InChI=1S/C20H24O2/c1-19(2,21)11-9-15-5-7-18-14-16(6-8-17(18)13-15)10-12-20(3,4)22/h5-14,21-22H,1-4H3. The summed E-state index contributed by atoms with van der Waals surface area (Å²) in [4.78, 5) is 0. The highest BCUT2D eigenvalue weighted by molar-refractivity contribution is 5.86. The van der Waals surface area contributed by atoms with Crippen LogP contribution >= 0.6 is 0 Å². The highest BCUT2D eigenvalue weighted by Crippen LogP contribution is 2.21. The van der Waals surface area contributed by atoms with Gasteiger partial charge in [-0.25, -0.2) is 0 Å². The third-order valence-corrected chi connectivity index (χ3v) is 3.26. The fraction of sp³-hybridized carbons (Fsp3) is 0.300. The molecule has 2 aromatic carbocycles. The van der Waals surface area contributed by atoms with Crippen LogP contribution < -0.4 is 0 Å². The van der Waals surface area contributed by atoms with Gasteiger partial charge in [0.1, 0.15) is 0 Å². The fourth-order valence-electron chi connectivity index (χ4n) is 2.09. The second-order valence-corrected chi connectivity index (χ2v) is 6.84. The lowest BCUT2D eigenvalue weighted by Crippen LogP contribution is -2.13. The Hall–Kier alpha value is -1.90. The molecule has 0 unspecified atom stereocenters. The maximum atomic E-state index is 9.74. The van der Waals surface area contributed by atoms with Crippen molar-refractivity contribution in [2.75, 3.05) is 0 Å². The average molecular weight is 296 g/mol. The first kappa shape index (κ1) is 16.5. The first-order chi connectivity index (χ1) is 10.1. The molecule has 2 aromatic rings. The van der Waals surface area contributed by atoms with Crippen molar-refractivity contribution >= 4 is 22.9 Å². The molecule has 0 bridgehead atoms. The molecular weight excluding hydrogens is 272 g/mol. The zero-order valence-electron chi connectivity index (χ0n) is 13.7. The van der Waals surface area contributed by atoms with Crippen molar-refractivity contribution in [3.8, 4) is 0 Å². The van der Waals surface area contributed by atoms with E-state index >= 15 is 0 Å². The molecule has 0 atom stereocenters. The fourth-order valence-corrected chi connectivity index (χ4v) is 2.09. The molecule has 2 rings (SSSR count). The van der Waals surface area contributed by atoms with Crippen LogP contribution in [0.25, 0.3) is 22.9 Å². The SMILES string of the molecule is CC(C)(O)C=Cc1ccc2cc(C=CC(C)(C)O)ccc2c1. The summed E-state index contributed by atoms with van der Waals surface area (Å²) in [5.41, 5.74) is 0.519. The zero-order valence-corrected chi connectivity index (χ0v) is 13.7. The zero-order chi connectivity index (χ0) is 16.4. The third kappa shape index (κ3) is 5.14. The minimum atomic E-state index is -0.805. The van der Waals surface area contributed by atoms with E-state index in [0.717, 1.165) is 21.9 Å². The van der Waals surface area contributed by atoms with Crippen molar-refractivity contribution in [2.45, 2.75) is 38.9 Å². The lowest BCUT2D eigenvalue weighted by Gasteiger charge is -2.11. The van der Waals surface area contributed by atoms with Crippen molar-refractivity contribution < 1.29 is 10.2 Å². The van der Waals surface area contributed by atoms with Crippen LogP contribution in [0.3, 0.4) is 0 Å². The van der Waals surface area contributed by atoms with Crippen LogP contribution in [0.2, 0.25) is 0 Å². The quantitative estimate of drug-likeness (QED) is 0.877. The summed E-state index contributed by atoms with van der Waals surface area (Å²) >= 11 is 0. The van der Waals surface area contributed by atoms with Gasteiger partial charge in [-0.3, -0.25) is 0 Å². The van der Waals surface area contributed by atoms with Crippen molar-refractivity contribution in [1.29, 1.82) is 0 Å². The van der Waals surface area contributed by atoms with Gasteiger partial charge in [-0.15, -0.1) is 0 Å². The Morgan fingerprint density at radius 1 is 0.682 bits per heavy atom. The van der Waals surface area contributed by atoms with Gasteiger partial charge in [-0.1, -0.05) is 48.6 Å². The highest BCUT2D eigenvalue weighted by atomic mass is 16.3. The Bertz CT molecular complexity index is 647. The summed E-state index contributed by atoms with van der Waals surface area (Å²) in [6.07, 6.45) is 7.44. The largest absolute Gasteiger partial charge is 0.386 e. The van der Waals surface area contributed by atoms with Gasteiger partial charge < -0.3 is 10.2 Å². The van der Waals surface area contributed by atoms with Gasteiger partial charge in [0, 0.05) is 0 Å². The van der Waals surface area contributed by atoms with Crippen LogP contribution in [0.1, 0.15) is 38.8 Å². The van der Waals surface area contributed by atoms with E-state index in [0.29, 0.717) is 0 Å². The average Bonchev–Trinajstić information content (AvgIpc) is 2.41. The van der Waals surface area contributed by atoms with Crippen LogP contribution in [0, 0.1) is 0 Å². The molecule has 0 fully saturated rings. The third-order valence-electron chi connectivity index (χ3n) is 3.26. The van der Waals surface area contributed by atoms with Gasteiger partial charge in [-0.2, -0.15) is 0 Å². The van der Waals surface area contributed by atoms with Crippen molar-refractivity contribution in [1.82, 2.24) is 0 Å². The lowest BCUT2D eigenvalue weighted by atomic mass is 10.0. The summed E-state index contributed by atoms with van der Waals surface area (Å²) in [7, 11) is 0. The Morgan fingerprint density at radius 2 is 1.05 bits per heavy atom. The van der Waals surface area contributed by atoms with Crippen molar-refractivity contribution in [2.24, 2.45) is 0 Å². The Labute approximate surface area is 132 Å². The summed E-state index contributed by atoms with van der Waals surface area (Å²) in [5, 5.41) is 21.8.